The minimum atomic E-state index is -0.248. The summed E-state index contributed by atoms with van der Waals surface area (Å²) in [6.45, 7) is 0. The Morgan fingerprint density at radius 2 is 1.96 bits per heavy atom. The molecule has 1 aromatic heterocycles. The second-order valence-corrected chi connectivity index (χ2v) is 5.93. The largest absolute Gasteiger partial charge is 0.508 e. The molecule has 0 radical (unpaired) electrons. The van der Waals surface area contributed by atoms with E-state index in [1.54, 1.807) is 30.6 Å². The molecular weight excluding hydrogens is 338 g/mol. The highest BCUT2D eigenvalue weighted by atomic mass is 32.2. The van der Waals surface area contributed by atoms with Gasteiger partial charge in [0, 0.05) is 5.69 Å². The number of thioether (sulfide) groups is 1. The third-order valence-corrected chi connectivity index (χ3v) is 4.12. The SMILES string of the molecule is O=C(CSc1nncn1-c1ccccc1)N/N=C/c1ccc(O)cc1. The number of carbonyl (C=O) groups excluding carboxylic acids is 1. The molecule has 8 heteroatoms. The lowest BCUT2D eigenvalue weighted by Crippen LogP contribution is -2.19. The number of phenols is 1. The van der Waals surface area contributed by atoms with Crippen molar-refractivity contribution in [3.8, 4) is 11.4 Å². The van der Waals surface area contributed by atoms with Gasteiger partial charge in [0.15, 0.2) is 5.16 Å². The van der Waals surface area contributed by atoms with E-state index < -0.39 is 0 Å². The zero-order chi connectivity index (χ0) is 17.5. The molecule has 0 saturated carbocycles. The maximum absolute atomic E-state index is 11.9. The van der Waals surface area contributed by atoms with Crippen molar-refractivity contribution in [2.45, 2.75) is 5.16 Å². The van der Waals surface area contributed by atoms with E-state index in [2.05, 4.69) is 20.7 Å². The van der Waals surface area contributed by atoms with E-state index in [0.717, 1.165) is 11.3 Å². The number of nitrogens with zero attached hydrogens (tertiary/aromatic N) is 4. The van der Waals surface area contributed by atoms with Crippen LogP contribution in [0.25, 0.3) is 5.69 Å². The Labute approximate surface area is 148 Å². The van der Waals surface area contributed by atoms with Crippen molar-refractivity contribution in [3.05, 3.63) is 66.5 Å². The molecule has 25 heavy (non-hydrogen) atoms. The number of rotatable bonds is 6. The Morgan fingerprint density at radius 3 is 2.72 bits per heavy atom. The van der Waals surface area contributed by atoms with Crippen LogP contribution in [-0.2, 0) is 4.79 Å². The van der Waals surface area contributed by atoms with Crippen molar-refractivity contribution >= 4 is 23.9 Å². The Bertz CT molecular complexity index is 862. The summed E-state index contributed by atoms with van der Waals surface area (Å²) in [7, 11) is 0. The fourth-order valence-electron chi connectivity index (χ4n) is 1.99. The molecule has 2 N–H and O–H groups in total. The number of benzene rings is 2. The van der Waals surface area contributed by atoms with Crippen molar-refractivity contribution in [1.82, 2.24) is 20.2 Å². The van der Waals surface area contributed by atoms with Crippen LogP contribution in [0, 0.1) is 0 Å². The summed E-state index contributed by atoms with van der Waals surface area (Å²) in [6.07, 6.45) is 3.12. The molecule has 1 amide bonds. The van der Waals surface area contributed by atoms with Gasteiger partial charge in [-0.15, -0.1) is 10.2 Å². The number of hydrogen-bond acceptors (Lipinski definition) is 6. The third kappa shape index (κ3) is 4.67. The maximum atomic E-state index is 11.9. The predicted octanol–water partition coefficient (Wildman–Crippen LogP) is 2.22. The minimum absolute atomic E-state index is 0.165. The Morgan fingerprint density at radius 1 is 1.20 bits per heavy atom. The van der Waals surface area contributed by atoms with E-state index in [4.69, 9.17) is 0 Å². The molecule has 0 saturated heterocycles. The minimum Gasteiger partial charge on any atom is -0.508 e. The van der Waals surface area contributed by atoms with E-state index in [1.807, 2.05) is 34.9 Å². The first-order valence-electron chi connectivity index (χ1n) is 7.41. The molecule has 0 spiro atoms. The summed E-state index contributed by atoms with van der Waals surface area (Å²) in [5, 5.41) is 21.7. The van der Waals surface area contributed by atoms with Gasteiger partial charge in [-0.1, -0.05) is 30.0 Å². The number of hydrogen-bond donors (Lipinski definition) is 2. The lowest BCUT2D eigenvalue weighted by Gasteiger charge is -2.05. The third-order valence-electron chi connectivity index (χ3n) is 3.18. The van der Waals surface area contributed by atoms with Crippen LogP contribution in [0.4, 0.5) is 0 Å². The van der Waals surface area contributed by atoms with E-state index >= 15 is 0 Å². The van der Waals surface area contributed by atoms with Gasteiger partial charge in [-0.05, 0) is 42.0 Å². The maximum Gasteiger partial charge on any atom is 0.250 e. The second-order valence-electron chi connectivity index (χ2n) is 4.99. The lowest BCUT2D eigenvalue weighted by molar-refractivity contribution is -0.118. The van der Waals surface area contributed by atoms with Gasteiger partial charge in [-0.2, -0.15) is 5.10 Å². The van der Waals surface area contributed by atoms with Gasteiger partial charge >= 0.3 is 0 Å². The first-order valence-corrected chi connectivity index (χ1v) is 8.40. The second kappa shape index (κ2) is 8.11. The number of hydrazone groups is 1. The Kier molecular flexibility index (Phi) is 5.43. The van der Waals surface area contributed by atoms with Crippen LogP contribution in [0.5, 0.6) is 5.75 Å². The quantitative estimate of drug-likeness (QED) is 0.403. The Balaban J connectivity index is 1.53. The topological polar surface area (TPSA) is 92.4 Å². The summed E-state index contributed by atoms with van der Waals surface area (Å²) in [6, 6.07) is 16.2. The molecule has 7 nitrogen and oxygen atoms in total. The summed E-state index contributed by atoms with van der Waals surface area (Å²) in [4.78, 5) is 11.9. The normalized spacial score (nSPS) is 10.9. The highest BCUT2D eigenvalue weighted by molar-refractivity contribution is 7.99. The first kappa shape index (κ1) is 16.7. The fourth-order valence-corrected chi connectivity index (χ4v) is 2.71. The summed E-state index contributed by atoms with van der Waals surface area (Å²) in [5.74, 6) is 0.0982. The monoisotopic (exact) mass is 353 g/mol. The van der Waals surface area contributed by atoms with Crippen LogP contribution < -0.4 is 5.43 Å². The van der Waals surface area contributed by atoms with Gasteiger partial charge in [-0.25, -0.2) is 5.43 Å². The van der Waals surface area contributed by atoms with E-state index in [-0.39, 0.29) is 17.4 Å². The van der Waals surface area contributed by atoms with Crippen molar-refractivity contribution in [1.29, 1.82) is 0 Å². The van der Waals surface area contributed by atoms with E-state index in [0.29, 0.717) is 5.16 Å². The van der Waals surface area contributed by atoms with Crippen molar-refractivity contribution in [3.63, 3.8) is 0 Å². The smallest absolute Gasteiger partial charge is 0.250 e. The van der Waals surface area contributed by atoms with Gasteiger partial charge in [0.1, 0.15) is 12.1 Å². The molecule has 3 aromatic rings. The predicted molar refractivity (Wildman–Crippen MR) is 95.9 cm³/mol. The molecular formula is C17H15N5O2S. The van der Waals surface area contributed by atoms with E-state index in [1.165, 1.54) is 18.0 Å². The summed E-state index contributed by atoms with van der Waals surface area (Å²) >= 11 is 1.28. The standard InChI is InChI=1S/C17H15N5O2S/c23-15-8-6-13(7-9-15)10-18-20-16(24)11-25-17-21-19-12-22(17)14-4-2-1-3-5-14/h1-10,12,23H,11H2,(H,20,24)/b18-10+. The van der Waals surface area contributed by atoms with Crippen molar-refractivity contribution < 1.29 is 9.90 Å². The zero-order valence-corrected chi connectivity index (χ0v) is 13.9. The number of amides is 1. The molecule has 126 valence electrons. The number of aromatic nitrogens is 3. The van der Waals surface area contributed by atoms with Gasteiger partial charge in [0.05, 0.1) is 12.0 Å². The number of carbonyl (C=O) groups is 1. The number of aromatic hydroxyl groups is 1. The van der Waals surface area contributed by atoms with Gasteiger partial charge < -0.3 is 5.11 Å². The molecule has 0 atom stereocenters. The molecule has 0 bridgehead atoms. The number of phenolic OH excluding ortho intramolecular Hbond substituents is 1. The molecule has 0 fully saturated rings. The molecule has 0 aliphatic rings. The van der Waals surface area contributed by atoms with Crippen LogP contribution in [0.3, 0.4) is 0 Å². The molecule has 0 aliphatic carbocycles. The van der Waals surface area contributed by atoms with Gasteiger partial charge in [0.25, 0.3) is 5.91 Å². The van der Waals surface area contributed by atoms with E-state index in [9.17, 15) is 9.90 Å². The van der Waals surface area contributed by atoms with Gasteiger partial charge in [0.2, 0.25) is 0 Å². The number of nitrogens with one attached hydrogen (secondary N) is 1. The molecule has 0 aliphatic heterocycles. The summed E-state index contributed by atoms with van der Waals surface area (Å²) in [5.41, 5.74) is 4.16. The molecule has 0 unspecified atom stereocenters. The summed E-state index contributed by atoms with van der Waals surface area (Å²) < 4.78 is 1.82. The van der Waals surface area contributed by atoms with Crippen LogP contribution in [0.2, 0.25) is 0 Å². The van der Waals surface area contributed by atoms with Crippen LogP contribution in [-0.4, -0.2) is 37.7 Å². The first-order chi connectivity index (χ1) is 12.2. The highest BCUT2D eigenvalue weighted by Gasteiger charge is 2.09. The molecule has 2 aromatic carbocycles. The van der Waals surface area contributed by atoms with Crippen LogP contribution in [0.15, 0.2) is 71.2 Å². The van der Waals surface area contributed by atoms with Crippen LogP contribution >= 0.6 is 11.8 Å². The average molecular weight is 353 g/mol. The molecule has 3 rings (SSSR count). The van der Waals surface area contributed by atoms with Crippen molar-refractivity contribution in [2.75, 3.05) is 5.75 Å². The zero-order valence-electron chi connectivity index (χ0n) is 13.1. The van der Waals surface area contributed by atoms with Crippen LogP contribution in [0.1, 0.15) is 5.56 Å². The lowest BCUT2D eigenvalue weighted by atomic mass is 10.2. The molecule has 1 heterocycles. The van der Waals surface area contributed by atoms with Crippen molar-refractivity contribution in [2.24, 2.45) is 5.10 Å². The highest BCUT2D eigenvalue weighted by Crippen LogP contribution is 2.18. The fraction of sp³-hybridized carbons (Fsp3) is 0.0588. The Hall–Kier alpha value is -3.13. The number of para-hydroxylation sites is 1. The average Bonchev–Trinajstić information content (AvgIpc) is 3.11. The van der Waals surface area contributed by atoms with Gasteiger partial charge in [-0.3, -0.25) is 9.36 Å².